The zero-order chi connectivity index (χ0) is 12.4. The average Bonchev–Trinajstić information content (AvgIpc) is 2.65. The molecule has 0 saturated carbocycles. The molecule has 4 nitrogen and oxygen atoms in total. The lowest BCUT2D eigenvalue weighted by atomic mass is 10.2. The van der Waals surface area contributed by atoms with Crippen LogP contribution in [0.25, 0.3) is 0 Å². The molecule has 16 heavy (non-hydrogen) atoms. The van der Waals surface area contributed by atoms with Gasteiger partial charge in [-0.05, 0) is 20.8 Å². The van der Waals surface area contributed by atoms with E-state index in [0.29, 0.717) is 17.6 Å². The molecule has 0 atom stereocenters. The van der Waals surface area contributed by atoms with Gasteiger partial charge in [-0.2, -0.15) is 0 Å². The fraction of sp³-hybridized carbons (Fsp3) is 0.500. The first kappa shape index (κ1) is 13.3. The molecule has 1 rings (SSSR count). The summed E-state index contributed by atoms with van der Waals surface area (Å²) in [6.45, 7) is 4.82. The van der Waals surface area contributed by atoms with Gasteiger partial charge in [0.05, 0.1) is 10.4 Å². The van der Waals surface area contributed by atoms with Crippen molar-refractivity contribution in [1.29, 1.82) is 0 Å². The molecule has 1 aromatic rings. The first-order valence-corrected chi connectivity index (χ1v) is 6.24. The molecule has 0 fully saturated rings. The van der Waals surface area contributed by atoms with Crippen molar-refractivity contribution in [1.82, 2.24) is 4.98 Å². The minimum Gasteiger partial charge on any atom is -0.383 e. The Morgan fingerprint density at radius 3 is 2.31 bits per heavy atom. The number of carbonyl (C=O) groups is 2. The Morgan fingerprint density at radius 2 is 1.94 bits per heavy atom. The standard InChI is InChI=1S/C10H13NO3S2/c1-9(2,14)8-11-4-7(15-8)16-10(3,5-12)6-13/h4-6,14H,1-3H3. The molecule has 0 unspecified atom stereocenters. The van der Waals surface area contributed by atoms with Crippen molar-refractivity contribution in [3.05, 3.63) is 11.2 Å². The summed E-state index contributed by atoms with van der Waals surface area (Å²) in [5.74, 6) is 0. The molecule has 1 heterocycles. The zero-order valence-electron chi connectivity index (χ0n) is 9.26. The molecule has 0 bridgehead atoms. The van der Waals surface area contributed by atoms with E-state index in [1.54, 1.807) is 27.0 Å². The molecule has 0 aliphatic heterocycles. The average molecular weight is 259 g/mol. The summed E-state index contributed by atoms with van der Waals surface area (Å²) in [6.07, 6.45) is 2.77. The van der Waals surface area contributed by atoms with Crippen LogP contribution in [0.1, 0.15) is 25.8 Å². The van der Waals surface area contributed by atoms with Gasteiger partial charge in [-0.25, -0.2) is 4.98 Å². The second-order valence-electron chi connectivity index (χ2n) is 4.07. The Bertz CT molecular complexity index is 387. The van der Waals surface area contributed by atoms with E-state index in [0.717, 1.165) is 16.0 Å². The molecular formula is C10H13NO3S2. The monoisotopic (exact) mass is 259 g/mol. The predicted octanol–water partition coefficient (Wildman–Crippen LogP) is 1.62. The Hall–Kier alpha value is -0.720. The number of hydrogen-bond acceptors (Lipinski definition) is 6. The molecule has 6 heteroatoms. The van der Waals surface area contributed by atoms with Crippen LogP contribution in [0.5, 0.6) is 0 Å². The van der Waals surface area contributed by atoms with E-state index in [4.69, 9.17) is 0 Å². The normalized spacial score (nSPS) is 12.5. The number of carbonyl (C=O) groups excluding carboxylic acids is 2. The topological polar surface area (TPSA) is 67.3 Å². The van der Waals surface area contributed by atoms with Gasteiger partial charge in [-0.3, -0.25) is 0 Å². The van der Waals surface area contributed by atoms with E-state index in [1.165, 1.54) is 11.3 Å². The van der Waals surface area contributed by atoms with E-state index < -0.39 is 10.3 Å². The molecule has 0 aromatic carbocycles. The van der Waals surface area contributed by atoms with Crippen molar-refractivity contribution in [3.63, 3.8) is 0 Å². The summed E-state index contributed by atoms with van der Waals surface area (Å²) >= 11 is 2.42. The number of hydrogen-bond donors (Lipinski definition) is 1. The van der Waals surface area contributed by atoms with Gasteiger partial charge < -0.3 is 14.7 Å². The molecule has 0 aliphatic rings. The third-order valence-corrected chi connectivity index (χ3v) is 4.34. The number of aliphatic hydroxyl groups is 1. The number of aromatic nitrogens is 1. The Balaban J connectivity index is 2.88. The first-order valence-electron chi connectivity index (χ1n) is 4.61. The van der Waals surface area contributed by atoms with Gasteiger partial charge in [0.25, 0.3) is 0 Å². The maximum Gasteiger partial charge on any atom is 0.143 e. The van der Waals surface area contributed by atoms with Gasteiger partial charge >= 0.3 is 0 Å². The zero-order valence-corrected chi connectivity index (χ0v) is 10.9. The molecular weight excluding hydrogens is 246 g/mol. The lowest BCUT2D eigenvalue weighted by molar-refractivity contribution is -0.116. The van der Waals surface area contributed by atoms with Gasteiger partial charge in [0.1, 0.15) is 27.9 Å². The van der Waals surface area contributed by atoms with Crippen LogP contribution >= 0.6 is 23.1 Å². The number of thiazole rings is 1. The predicted molar refractivity (Wildman–Crippen MR) is 63.7 cm³/mol. The van der Waals surface area contributed by atoms with Crippen LogP contribution in [0.3, 0.4) is 0 Å². The Morgan fingerprint density at radius 1 is 1.38 bits per heavy atom. The summed E-state index contributed by atoms with van der Waals surface area (Å²) in [6, 6.07) is 0. The van der Waals surface area contributed by atoms with Gasteiger partial charge in [0.2, 0.25) is 0 Å². The van der Waals surface area contributed by atoms with E-state index >= 15 is 0 Å². The molecule has 0 aliphatic carbocycles. The van der Waals surface area contributed by atoms with Crippen molar-refractivity contribution >= 4 is 35.7 Å². The minimum atomic E-state index is -1.08. The maximum atomic E-state index is 10.7. The summed E-state index contributed by atoms with van der Waals surface area (Å²) in [4.78, 5) is 25.6. The second-order valence-corrected chi connectivity index (χ2v) is 6.88. The fourth-order valence-electron chi connectivity index (χ4n) is 0.882. The quantitative estimate of drug-likeness (QED) is 0.494. The van der Waals surface area contributed by atoms with Crippen molar-refractivity contribution in [2.45, 2.75) is 35.3 Å². The highest BCUT2D eigenvalue weighted by Gasteiger charge is 2.27. The van der Waals surface area contributed by atoms with E-state index in [9.17, 15) is 14.7 Å². The molecule has 0 amide bonds. The van der Waals surface area contributed by atoms with E-state index in [2.05, 4.69) is 4.98 Å². The third kappa shape index (κ3) is 3.13. The highest BCUT2D eigenvalue weighted by molar-refractivity contribution is 8.03. The van der Waals surface area contributed by atoms with Crippen molar-refractivity contribution in [2.24, 2.45) is 0 Å². The highest BCUT2D eigenvalue weighted by atomic mass is 32.2. The highest BCUT2D eigenvalue weighted by Crippen LogP contribution is 2.36. The minimum absolute atomic E-state index is 0.564. The fourth-order valence-corrected chi connectivity index (χ4v) is 3.11. The van der Waals surface area contributed by atoms with Gasteiger partial charge in [-0.15, -0.1) is 11.3 Å². The maximum absolute atomic E-state index is 10.7. The van der Waals surface area contributed by atoms with Crippen LogP contribution in [0.15, 0.2) is 10.4 Å². The second kappa shape index (κ2) is 4.65. The molecule has 1 aromatic heterocycles. The first-order chi connectivity index (χ1) is 7.30. The Kier molecular flexibility index (Phi) is 3.88. The number of aldehydes is 2. The van der Waals surface area contributed by atoms with Crippen LogP contribution < -0.4 is 0 Å². The van der Waals surface area contributed by atoms with E-state index in [1.807, 2.05) is 0 Å². The van der Waals surface area contributed by atoms with Crippen molar-refractivity contribution < 1.29 is 14.7 Å². The third-order valence-electron chi connectivity index (χ3n) is 1.80. The molecule has 0 spiro atoms. The largest absolute Gasteiger partial charge is 0.383 e. The van der Waals surface area contributed by atoms with Crippen molar-refractivity contribution in [3.8, 4) is 0 Å². The smallest absolute Gasteiger partial charge is 0.143 e. The van der Waals surface area contributed by atoms with Gasteiger partial charge in [0, 0.05) is 0 Å². The molecule has 0 saturated heterocycles. The SMILES string of the molecule is CC(C=O)(C=O)Sc1cnc(C(C)(C)O)s1. The molecule has 1 N–H and O–H groups in total. The van der Waals surface area contributed by atoms with Crippen LogP contribution in [0.2, 0.25) is 0 Å². The number of nitrogens with zero attached hydrogens (tertiary/aromatic N) is 1. The number of thioether (sulfide) groups is 1. The Labute approximate surface area is 102 Å². The number of rotatable bonds is 5. The summed E-state index contributed by atoms with van der Waals surface area (Å²) in [7, 11) is 0. The lowest BCUT2D eigenvalue weighted by Crippen LogP contribution is -2.23. The van der Waals surface area contributed by atoms with Crippen LogP contribution in [0, 0.1) is 0 Å². The summed E-state index contributed by atoms with van der Waals surface area (Å²) in [5, 5.41) is 10.3. The van der Waals surface area contributed by atoms with Crippen LogP contribution in [0.4, 0.5) is 0 Å². The lowest BCUT2D eigenvalue weighted by Gasteiger charge is -2.13. The summed E-state index contributed by atoms with van der Waals surface area (Å²) < 4.78 is -0.345. The van der Waals surface area contributed by atoms with Gasteiger partial charge in [0.15, 0.2) is 0 Å². The van der Waals surface area contributed by atoms with Crippen LogP contribution in [-0.2, 0) is 15.2 Å². The molecule has 88 valence electrons. The van der Waals surface area contributed by atoms with E-state index in [-0.39, 0.29) is 0 Å². The summed E-state index contributed by atoms with van der Waals surface area (Å²) in [5.41, 5.74) is -0.998. The van der Waals surface area contributed by atoms with Crippen molar-refractivity contribution in [2.75, 3.05) is 0 Å². The van der Waals surface area contributed by atoms with Crippen LogP contribution in [-0.4, -0.2) is 27.4 Å². The molecule has 0 radical (unpaired) electrons. The van der Waals surface area contributed by atoms with Gasteiger partial charge in [-0.1, -0.05) is 11.8 Å².